The molecule has 2 aromatic rings. The van der Waals surface area contributed by atoms with E-state index in [-0.39, 0.29) is 11.3 Å². The Morgan fingerprint density at radius 3 is 2.61 bits per heavy atom. The van der Waals surface area contributed by atoms with Crippen molar-refractivity contribution in [2.24, 2.45) is 17.3 Å². The molecule has 4 bridgehead atoms. The van der Waals surface area contributed by atoms with E-state index in [9.17, 15) is 9.90 Å². The highest BCUT2D eigenvalue weighted by atomic mass is 32.1. The molecule has 0 radical (unpaired) electrons. The SMILES string of the molecule is O=C(CC12C[C@H]3C[C@@H](CC(O)(C3)C1)C2)Nc1nc2cc3c(cc2s1)OCCO3. The molecular formula is C21H24N2O4S. The maximum Gasteiger partial charge on any atom is 0.226 e. The molecule has 148 valence electrons. The van der Waals surface area contributed by atoms with Crippen molar-refractivity contribution in [2.45, 2.75) is 50.5 Å². The molecule has 7 heteroatoms. The van der Waals surface area contributed by atoms with E-state index in [4.69, 9.17) is 9.47 Å². The minimum absolute atomic E-state index is 0.0156. The van der Waals surface area contributed by atoms with Gasteiger partial charge in [-0.25, -0.2) is 4.98 Å². The van der Waals surface area contributed by atoms with Crippen LogP contribution in [0.1, 0.15) is 44.9 Å². The van der Waals surface area contributed by atoms with Crippen LogP contribution in [-0.2, 0) is 4.79 Å². The number of fused-ring (bicyclic) bond motifs is 2. The molecule has 4 saturated carbocycles. The Kier molecular flexibility index (Phi) is 3.55. The van der Waals surface area contributed by atoms with Crippen molar-refractivity contribution < 1.29 is 19.4 Å². The number of thiazole rings is 1. The second-order valence-corrected chi connectivity index (χ2v) is 10.4. The Morgan fingerprint density at radius 2 is 1.89 bits per heavy atom. The molecule has 0 saturated heterocycles. The van der Waals surface area contributed by atoms with E-state index in [0.717, 1.165) is 48.1 Å². The summed E-state index contributed by atoms with van der Waals surface area (Å²) in [6, 6.07) is 3.82. The van der Waals surface area contributed by atoms with Gasteiger partial charge in [0.2, 0.25) is 5.91 Å². The van der Waals surface area contributed by atoms with E-state index >= 15 is 0 Å². The van der Waals surface area contributed by atoms with E-state index in [0.29, 0.717) is 42.4 Å². The van der Waals surface area contributed by atoms with Gasteiger partial charge in [0.25, 0.3) is 0 Å². The Labute approximate surface area is 167 Å². The molecule has 1 amide bonds. The topological polar surface area (TPSA) is 80.7 Å². The standard InChI is InChI=1S/C21H24N2O4S/c24-18(10-20-6-12-3-13(7-20)9-21(25,8-12)11-20)23-19-22-14-4-15-16(5-17(14)28-19)27-2-1-26-15/h4-5,12-13,25H,1-3,6-11H2,(H,22,23,24)/t12-,13-,20?,21?/m1/s1. The van der Waals surface area contributed by atoms with Crippen LogP contribution in [0.2, 0.25) is 0 Å². The third-order valence-electron chi connectivity index (χ3n) is 6.99. The number of nitrogens with one attached hydrogen (secondary N) is 1. The lowest BCUT2D eigenvalue weighted by Crippen LogP contribution is -2.56. The van der Waals surface area contributed by atoms with Crippen LogP contribution in [0.3, 0.4) is 0 Å². The Bertz CT molecular complexity index is 914. The van der Waals surface area contributed by atoms with E-state index in [2.05, 4.69) is 10.3 Å². The molecule has 0 spiro atoms. The van der Waals surface area contributed by atoms with E-state index < -0.39 is 5.60 Å². The first-order chi connectivity index (χ1) is 13.5. The molecule has 4 aliphatic carbocycles. The molecule has 1 aliphatic heterocycles. The number of amides is 1. The van der Waals surface area contributed by atoms with Crippen molar-refractivity contribution in [1.29, 1.82) is 0 Å². The van der Waals surface area contributed by atoms with Crippen LogP contribution in [0, 0.1) is 17.3 Å². The number of hydrogen-bond acceptors (Lipinski definition) is 6. The molecule has 2 heterocycles. The van der Waals surface area contributed by atoms with Crippen molar-refractivity contribution >= 4 is 32.6 Å². The number of hydrogen-bond donors (Lipinski definition) is 2. The van der Waals surface area contributed by atoms with E-state index in [1.807, 2.05) is 12.1 Å². The fourth-order valence-electron chi connectivity index (χ4n) is 6.63. The van der Waals surface area contributed by atoms with Gasteiger partial charge in [-0.15, -0.1) is 0 Å². The summed E-state index contributed by atoms with van der Waals surface area (Å²) in [5.41, 5.74) is 0.258. The van der Waals surface area contributed by atoms with Gasteiger partial charge < -0.3 is 19.9 Å². The second kappa shape index (κ2) is 5.83. The number of anilines is 1. The largest absolute Gasteiger partial charge is 0.486 e. The number of aromatic nitrogens is 1. The fraction of sp³-hybridized carbons (Fsp3) is 0.619. The van der Waals surface area contributed by atoms with Crippen LogP contribution < -0.4 is 14.8 Å². The summed E-state index contributed by atoms with van der Waals surface area (Å²) in [6.07, 6.45) is 6.53. The number of aliphatic hydroxyl groups is 1. The number of rotatable bonds is 3. The van der Waals surface area contributed by atoms with Gasteiger partial charge in [0.15, 0.2) is 16.6 Å². The van der Waals surface area contributed by atoms with Crippen LogP contribution in [0.4, 0.5) is 5.13 Å². The Morgan fingerprint density at radius 1 is 1.18 bits per heavy atom. The summed E-state index contributed by atoms with van der Waals surface area (Å²) in [4.78, 5) is 17.4. The molecule has 1 aromatic heterocycles. The first kappa shape index (κ1) is 17.0. The fourth-order valence-corrected chi connectivity index (χ4v) is 7.52. The van der Waals surface area contributed by atoms with Crippen molar-refractivity contribution in [2.75, 3.05) is 18.5 Å². The first-order valence-corrected chi connectivity index (χ1v) is 11.0. The van der Waals surface area contributed by atoms with Gasteiger partial charge >= 0.3 is 0 Å². The van der Waals surface area contributed by atoms with Crippen LogP contribution in [0.25, 0.3) is 10.2 Å². The summed E-state index contributed by atoms with van der Waals surface area (Å²) < 4.78 is 12.2. The van der Waals surface area contributed by atoms with Gasteiger partial charge in [0.1, 0.15) is 13.2 Å². The molecule has 2 atom stereocenters. The number of ether oxygens (including phenoxy) is 2. The third-order valence-corrected chi connectivity index (χ3v) is 7.92. The summed E-state index contributed by atoms with van der Waals surface area (Å²) in [7, 11) is 0. The number of carbonyl (C=O) groups is 1. The molecule has 1 aromatic carbocycles. The van der Waals surface area contributed by atoms with E-state index in [1.165, 1.54) is 17.8 Å². The van der Waals surface area contributed by atoms with Crippen molar-refractivity contribution in [1.82, 2.24) is 4.98 Å². The van der Waals surface area contributed by atoms with Crippen LogP contribution in [-0.4, -0.2) is 34.8 Å². The summed E-state index contributed by atoms with van der Waals surface area (Å²) in [6.45, 7) is 1.10. The van der Waals surface area contributed by atoms with Gasteiger partial charge in [0.05, 0.1) is 15.8 Å². The van der Waals surface area contributed by atoms with E-state index in [1.54, 1.807) is 0 Å². The highest BCUT2D eigenvalue weighted by Crippen LogP contribution is 2.62. The zero-order chi connectivity index (χ0) is 18.9. The molecule has 2 N–H and O–H groups in total. The normalized spacial score (nSPS) is 35.3. The number of benzene rings is 1. The molecular weight excluding hydrogens is 376 g/mol. The molecule has 28 heavy (non-hydrogen) atoms. The van der Waals surface area contributed by atoms with Gasteiger partial charge in [-0.1, -0.05) is 11.3 Å². The average Bonchev–Trinajstić information content (AvgIpc) is 2.97. The molecule has 7 rings (SSSR count). The van der Waals surface area contributed by atoms with Crippen LogP contribution >= 0.6 is 11.3 Å². The number of carbonyl (C=O) groups excluding carboxylic acids is 1. The van der Waals surface area contributed by atoms with Gasteiger partial charge in [-0.2, -0.15) is 0 Å². The predicted molar refractivity (Wildman–Crippen MR) is 106 cm³/mol. The molecule has 4 fully saturated rings. The maximum atomic E-state index is 12.9. The monoisotopic (exact) mass is 400 g/mol. The van der Waals surface area contributed by atoms with Crippen molar-refractivity contribution in [3.8, 4) is 11.5 Å². The molecule has 0 unspecified atom stereocenters. The molecule has 6 nitrogen and oxygen atoms in total. The van der Waals surface area contributed by atoms with Crippen molar-refractivity contribution in [3.63, 3.8) is 0 Å². The minimum atomic E-state index is -0.528. The highest BCUT2D eigenvalue weighted by Gasteiger charge is 2.57. The lowest BCUT2D eigenvalue weighted by Gasteiger charge is -2.60. The van der Waals surface area contributed by atoms with Crippen LogP contribution in [0.5, 0.6) is 11.5 Å². The lowest BCUT2D eigenvalue weighted by atomic mass is 9.47. The highest BCUT2D eigenvalue weighted by molar-refractivity contribution is 7.22. The maximum absolute atomic E-state index is 12.9. The molecule has 5 aliphatic rings. The summed E-state index contributed by atoms with van der Waals surface area (Å²) in [5.74, 6) is 2.65. The first-order valence-electron chi connectivity index (χ1n) is 10.2. The Balaban J connectivity index is 1.21. The zero-order valence-electron chi connectivity index (χ0n) is 15.7. The zero-order valence-corrected chi connectivity index (χ0v) is 16.5. The van der Waals surface area contributed by atoms with Gasteiger partial charge in [-0.3, -0.25) is 4.79 Å². The minimum Gasteiger partial charge on any atom is -0.486 e. The summed E-state index contributed by atoms with van der Waals surface area (Å²) >= 11 is 1.46. The second-order valence-electron chi connectivity index (χ2n) is 9.39. The average molecular weight is 401 g/mol. The summed E-state index contributed by atoms with van der Waals surface area (Å²) in [5, 5.41) is 14.5. The quantitative estimate of drug-likeness (QED) is 0.821. The Hall–Kier alpha value is -1.86. The predicted octanol–water partition coefficient (Wildman–Crippen LogP) is 3.73. The van der Waals surface area contributed by atoms with Gasteiger partial charge in [0, 0.05) is 18.6 Å². The smallest absolute Gasteiger partial charge is 0.226 e. The van der Waals surface area contributed by atoms with Gasteiger partial charge in [-0.05, 0) is 55.8 Å². The lowest BCUT2D eigenvalue weighted by molar-refractivity contribution is -0.167. The van der Waals surface area contributed by atoms with Crippen molar-refractivity contribution in [3.05, 3.63) is 12.1 Å². The van der Waals surface area contributed by atoms with Crippen LogP contribution in [0.15, 0.2) is 12.1 Å². The number of nitrogens with zero attached hydrogens (tertiary/aromatic N) is 1. The third kappa shape index (κ3) is 2.78.